The SMILES string of the molecule is COc1ccc(CCC2C(=O)[C@H](C)N(C)[C@H]2c2ccc(C(C)(C)C)cc2)cc1. The highest BCUT2D eigenvalue weighted by molar-refractivity contribution is 5.89. The zero-order valence-electron chi connectivity index (χ0n) is 18.0. The maximum absolute atomic E-state index is 13.0. The Morgan fingerprint density at radius 1 is 1.00 bits per heavy atom. The van der Waals surface area contributed by atoms with E-state index in [0.717, 1.165) is 18.6 Å². The van der Waals surface area contributed by atoms with Crippen molar-refractivity contribution in [1.29, 1.82) is 0 Å². The van der Waals surface area contributed by atoms with Crippen molar-refractivity contribution >= 4 is 5.78 Å². The number of carbonyl (C=O) groups is 1. The summed E-state index contributed by atoms with van der Waals surface area (Å²) in [5, 5.41) is 0. The van der Waals surface area contributed by atoms with Crippen molar-refractivity contribution in [3.8, 4) is 5.75 Å². The number of likely N-dealkylation sites (N-methyl/N-ethyl adjacent to an activating group) is 1. The van der Waals surface area contributed by atoms with Gasteiger partial charge in [0.1, 0.15) is 5.75 Å². The van der Waals surface area contributed by atoms with Gasteiger partial charge in [-0.15, -0.1) is 0 Å². The number of rotatable bonds is 5. The van der Waals surface area contributed by atoms with Crippen LogP contribution < -0.4 is 4.74 Å². The Hall–Kier alpha value is -2.13. The Morgan fingerprint density at radius 2 is 1.61 bits per heavy atom. The molecule has 2 aromatic carbocycles. The second-order valence-electron chi connectivity index (χ2n) is 9.05. The van der Waals surface area contributed by atoms with Crippen LogP contribution in [0.2, 0.25) is 0 Å². The van der Waals surface area contributed by atoms with Gasteiger partial charge < -0.3 is 4.74 Å². The fraction of sp³-hybridized carbons (Fsp3) is 0.480. The predicted octanol–water partition coefficient (Wildman–Crippen LogP) is 5.19. The number of methoxy groups -OCH3 is 1. The highest BCUT2D eigenvalue weighted by atomic mass is 16.5. The number of ketones is 1. The number of nitrogens with zero attached hydrogens (tertiary/aromatic N) is 1. The van der Waals surface area contributed by atoms with Crippen LogP contribution in [0.25, 0.3) is 0 Å². The lowest BCUT2D eigenvalue weighted by Crippen LogP contribution is -2.27. The third kappa shape index (κ3) is 4.15. The largest absolute Gasteiger partial charge is 0.497 e. The normalized spacial score (nSPS) is 23.2. The van der Waals surface area contributed by atoms with Gasteiger partial charge >= 0.3 is 0 Å². The molecule has 1 aliphatic heterocycles. The maximum Gasteiger partial charge on any atom is 0.154 e. The molecule has 28 heavy (non-hydrogen) atoms. The molecule has 1 heterocycles. The number of Topliss-reactive ketones (excluding diaryl/α,β-unsaturated/α-hetero) is 1. The molecule has 1 fully saturated rings. The van der Waals surface area contributed by atoms with E-state index >= 15 is 0 Å². The first-order chi connectivity index (χ1) is 13.2. The Balaban J connectivity index is 1.80. The molecule has 3 rings (SSSR count). The summed E-state index contributed by atoms with van der Waals surface area (Å²) in [5.74, 6) is 1.26. The van der Waals surface area contributed by atoms with Crippen molar-refractivity contribution in [3.05, 3.63) is 65.2 Å². The molecule has 0 radical (unpaired) electrons. The van der Waals surface area contributed by atoms with Crippen molar-refractivity contribution in [2.75, 3.05) is 14.2 Å². The molecule has 0 aliphatic carbocycles. The van der Waals surface area contributed by atoms with Crippen molar-refractivity contribution in [2.45, 2.75) is 58.0 Å². The van der Waals surface area contributed by atoms with Gasteiger partial charge in [-0.2, -0.15) is 0 Å². The Kier molecular flexibility index (Phi) is 5.95. The molecule has 3 atom stereocenters. The minimum atomic E-state index is -0.0341. The van der Waals surface area contributed by atoms with E-state index in [0.29, 0.717) is 5.78 Å². The first-order valence-corrected chi connectivity index (χ1v) is 10.2. The number of benzene rings is 2. The van der Waals surface area contributed by atoms with Gasteiger partial charge in [0.2, 0.25) is 0 Å². The van der Waals surface area contributed by atoms with Crippen LogP contribution in [0, 0.1) is 5.92 Å². The van der Waals surface area contributed by atoms with Crippen molar-refractivity contribution < 1.29 is 9.53 Å². The number of aryl methyl sites for hydroxylation is 1. The average Bonchev–Trinajstić information content (AvgIpc) is 2.90. The van der Waals surface area contributed by atoms with Gasteiger partial charge in [-0.3, -0.25) is 9.69 Å². The van der Waals surface area contributed by atoms with Crippen LogP contribution in [0.5, 0.6) is 5.75 Å². The van der Waals surface area contributed by atoms with Gasteiger partial charge in [-0.1, -0.05) is 57.2 Å². The highest BCUT2D eigenvalue weighted by Gasteiger charge is 2.44. The summed E-state index contributed by atoms with van der Waals surface area (Å²) in [6.07, 6.45) is 1.77. The number of likely N-dealkylation sites (tertiary alicyclic amines) is 1. The van der Waals surface area contributed by atoms with E-state index in [1.807, 2.05) is 19.1 Å². The molecule has 150 valence electrons. The van der Waals surface area contributed by atoms with Crippen LogP contribution in [0.4, 0.5) is 0 Å². The van der Waals surface area contributed by atoms with Gasteiger partial charge in [-0.05, 0) is 61.1 Å². The van der Waals surface area contributed by atoms with E-state index in [2.05, 4.69) is 69.1 Å². The molecule has 1 unspecified atom stereocenters. The van der Waals surface area contributed by atoms with E-state index in [-0.39, 0.29) is 23.4 Å². The van der Waals surface area contributed by atoms with E-state index in [9.17, 15) is 4.79 Å². The summed E-state index contributed by atoms with van der Waals surface area (Å²) in [7, 11) is 3.76. The molecule has 0 saturated carbocycles. The van der Waals surface area contributed by atoms with Gasteiger partial charge in [0.25, 0.3) is 0 Å². The molecule has 0 amide bonds. The molecule has 3 heteroatoms. The predicted molar refractivity (Wildman–Crippen MR) is 115 cm³/mol. The second-order valence-corrected chi connectivity index (χ2v) is 9.05. The third-order valence-electron chi connectivity index (χ3n) is 6.23. The summed E-state index contributed by atoms with van der Waals surface area (Å²) in [6, 6.07) is 17.2. The maximum atomic E-state index is 13.0. The fourth-order valence-electron chi connectivity index (χ4n) is 4.25. The molecular weight excluding hydrogens is 346 g/mol. The highest BCUT2D eigenvalue weighted by Crippen LogP contribution is 2.40. The summed E-state index contributed by atoms with van der Waals surface area (Å²) >= 11 is 0. The second kappa shape index (κ2) is 8.08. The first-order valence-electron chi connectivity index (χ1n) is 10.2. The third-order valence-corrected chi connectivity index (χ3v) is 6.23. The zero-order valence-corrected chi connectivity index (χ0v) is 18.0. The molecule has 0 bridgehead atoms. The van der Waals surface area contributed by atoms with Crippen molar-refractivity contribution in [2.24, 2.45) is 5.92 Å². The molecule has 3 nitrogen and oxygen atoms in total. The van der Waals surface area contributed by atoms with E-state index < -0.39 is 0 Å². The fourth-order valence-corrected chi connectivity index (χ4v) is 4.25. The lowest BCUT2D eigenvalue weighted by atomic mass is 9.84. The van der Waals surface area contributed by atoms with Crippen molar-refractivity contribution in [3.63, 3.8) is 0 Å². The molecule has 1 saturated heterocycles. The van der Waals surface area contributed by atoms with Crippen LogP contribution in [0.15, 0.2) is 48.5 Å². The van der Waals surface area contributed by atoms with E-state index in [1.54, 1.807) is 7.11 Å². The van der Waals surface area contributed by atoms with Crippen LogP contribution in [-0.4, -0.2) is 30.9 Å². The Morgan fingerprint density at radius 3 is 2.14 bits per heavy atom. The molecule has 0 N–H and O–H groups in total. The van der Waals surface area contributed by atoms with Crippen LogP contribution in [0.3, 0.4) is 0 Å². The average molecular weight is 380 g/mol. The Bertz CT molecular complexity index is 802. The number of carbonyl (C=O) groups excluding carboxylic acids is 1. The lowest BCUT2D eigenvalue weighted by molar-refractivity contribution is -0.122. The first kappa shape index (κ1) is 20.6. The van der Waals surface area contributed by atoms with Crippen LogP contribution in [-0.2, 0) is 16.6 Å². The quantitative estimate of drug-likeness (QED) is 0.716. The molecular formula is C25H33NO2. The minimum absolute atomic E-state index is 0.0302. The Labute approximate surface area is 169 Å². The van der Waals surface area contributed by atoms with Gasteiger partial charge in [0.15, 0.2) is 5.78 Å². The number of hydrogen-bond acceptors (Lipinski definition) is 3. The summed E-state index contributed by atoms with van der Waals surface area (Å²) in [4.78, 5) is 15.2. The number of ether oxygens (including phenoxy) is 1. The van der Waals surface area contributed by atoms with E-state index in [1.165, 1.54) is 16.7 Å². The van der Waals surface area contributed by atoms with Crippen LogP contribution >= 0.6 is 0 Å². The standard InChI is InChI=1S/C25H33NO2/c1-17-24(27)22(16-9-18-7-14-21(28-6)15-8-18)23(26(17)5)19-10-12-20(13-11-19)25(2,3)4/h7-8,10-15,17,22-23H,9,16H2,1-6H3/t17-,22?,23-/m0/s1. The molecule has 0 aromatic heterocycles. The summed E-state index contributed by atoms with van der Waals surface area (Å²) in [6.45, 7) is 8.72. The summed E-state index contributed by atoms with van der Waals surface area (Å²) < 4.78 is 5.24. The van der Waals surface area contributed by atoms with Crippen LogP contribution in [0.1, 0.15) is 56.8 Å². The topological polar surface area (TPSA) is 29.5 Å². The van der Waals surface area contributed by atoms with Gasteiger partial charge in [-0.25, -0.2) is 0 Å². The van der Waals surface area contributed by atoms with Crippen molar-refractivity contribution in [1.82, 2.24) is 4.90 Å². The van der Waals surface area contributed by atoms with Gasteiger partial charge in [0.05, 0.1) is 13.2 Å². The van der Waals surface area contributed by atoms with E-state index in [4.69, 9.17) is 4.74 Å². The lowest BCUT2D eigenvalue weighted by Gasteiger charge is -2.27. The smallest absolute Gasteiger partial charge is 0.154 e. The minimum Gasteiger partial charge on any atom is -0.497 e. The number of hydrogen-bond donors (Lipinski definition) is 0. The summed E-state index contributed by atoms with van der Waals surface area (Å²) in [5.41, 5.74) is 3.95. The molecule has 1 aliphatic rings. The molecule has 2 aromatic rings. The van der Waals surface area contributed by atoms with Gasteiger partial charge in [0, 0.05) is 12.0 Å². The zero-order chi connectivity index (χ0) is 20.5. The molecule has 0 spiro atoms. The monoisotopic (exact) mass is 379 g/mol.